The van der Waals surface area contributed by atoms with E-state index in [9.17, 15) is 9.59 Å². The third-order valence-electron chi connectivity index (χ3n) is 5.06. The van der Waals surface area contributed by atoms with Crippen molar-refractivity contribution in [3.63, 3.8) is 0 Å². The molecule has 0 saturated carbocycles. The minimum absolute atomic E-state index is 0.251. The minimum atomic E-state index is -0.567. The van der Waals surface area contributed by atoms with Gasteiger partial charge >= 0.3 is 11.9 Å². The average molecular weight is 336 g/mol. The summed E-state index contributed by atoms with van der Waals surface area (Å²) >= 11 is 0. The van der Waals surface area contributed by atoms with Crippen molar-refractivity contribution < 1.29 is 19.1 Å². The highest BCUT2D eigenvalue weighted by atomic mass is 16.6. The summed E-state index contributed by atoms with van der Waals surface area (Å²) in [6.45, 7) is 6.47. The molecule has 3 heterocycles. The number of carbonyl (C=O) groups is 2. The van der Waals surface area contributed by atoms with E-state index in [1.807, 2.05) is 12.2 Å². The topological polar surface area (TPSA) is 52.6 Å². The Bertz CT molecular complexity index is 470. The number of hydrogen-bond donors (Lipinski definition) is 0. The first-order chi connectivity index (χ1) is 11.6. The first-order valence-corrected chi connectivity index (χ1v) is 9.72. The summed E-state index contributed by atoms with van der Waals surface area (Å²) < 4.78 is 10.8. The molecule has 4 nitrogen and oxygen atoms in total. The Kier molecular flexibility index (Phi) is 7.02. The molecule has 0 aromatic heterocycles. The van der Waals surface area contributed by atoms with Crippen LogP contribution < -0.4 is 0 Å². The van der Waals surface area contributed by atoms with Gasteiger partial charge in [-0.2, -0.15) is 0 Å². The SMILES string of the molecule is CCC.CCCCCCCCCC12C=CC(O1)C1C(=O)OC(=O)C12. The molecule has 0 aromatic rings. The Morgan fingerprint density at radius 1 is 0.958 bits per heavy atom. The lowest BCUT2D eigenvalue weighted by atomic mass is 9.74. The molecule has 4 unspecified atom stereocenters. The maximum Gasteiger partial charge on any atom is 0.320 e. The molecule has 4 atom stereocenters. The monoisotopic (exact) mass is 336 g/mol. The minimum Gasteiger partial charge on any atom is -0.393 e. The van der Waals surface area contributed by atoms with Gasteiger partial charge in [-0.1, -0.05) is 84.3 Å². The highest BCUT2D eigenvalue weighted by Crippen LogP contribution is 2.53. The molecular weight excluding hydrogens is 304 g/mol. The lowest BCUT2D eigenvalue weighted by Gasteiger charge is -2.27. The lowest BCUT2D eigenvalue weighted by molar-refractivity contribution is -0.158. The van der Waals surface area contributed by atoms with Gasteiger partial charge in [0.05, 0.1) is 6.10 Å². The van der Waals surface area contributed by atoms with Gasteiger partial charge in [0.25, 0.3) is 0 Å². The predicted octanol–water partition coefficient (Wildman–Crippen LogP) is 4.57. The van der Waals surface area contributed by atoms with Crippen molar-refractivity contribution in [3.8, 4) is 0 Å². The number of fused-ring (bicyclic) bond motifs is 5. The molecule has 24 heavy (non-hydrogen) atoms. The van der Waals surface area contributed by atoms with Gasteiger partial charge in [0.2, 0.25) is 0 Å². The predicted molar refractivity (Wildman–Crippen MR) is 93.4 cm³/mol. The molecule has 3 aliphatic heterocycles. The van der Waals surface area contributed by atoms with Gasteiger partial charge in [-0.15, -0.1) is 0 Å². The first-order valence-electron chi connectivity index (χ1n) is 9.72. The second-order valence-electron chi connectivity index (χ2n) is 7.22. The molecular formula is C20H32O4. The third-order valence-corrected chi connectivity index (χ3v) is 5.06. The molecule has 3 aliphatic rings. The summed E-state index contributed by atoms with van der Waals surface area (Å²) in [6, 6.07) is 0. The fourth-order valence-electron chi connectivity index (χ4n) is 3.96. The largest absolute Gasteiger partial charge is 0.393 e. The van der Waals surface area contributed by atoms with Gasteiger partial charge in [0.1, 0.15) is 17.4 Å². The Morgan fingerprint density at radius 2 is 1.58 bits per heavy atom. The normalized spacial score (nSPS) is 32.5. The van der Waals surface area contributed by atoms with Crippen LogP contribution in [0, 0.1) is 11.8 Å². The number of rotatable bonds is 8. The number of ether oxygens (including phenoxy) is 2. The quantitative estimate of drug-likeness (QED) is 0.282. The van der Waals surface area contributed by atoms with Crippen molar-refractivity contribution >= 4 is 11.9 Å². The zero-order valence-electron chi connectivity index (χ0n) is 15.4. The molecule has 0 radical (unpaired) electrons. The zero-order valence-corrected chi connectivity index (χ0v) is 15.4. The number of esters is 2. The molecule has 0 aliphatic carbocycles. The van der Waals surface area contributed by atoms with Crippen LogP contribution >= 0.6 is 0 Å². The van der Waals surface area contributed by atoms with Crippen LogP contribution in [-0.2, 0) is 19.1 Å². The molecule has 4 heteroatoms. The van der Waals surface area contributed by atoms with E-state index < -0.39 is 23.4 Å². The van der Waals surface area contributed by atoms with Crippen LogP contribution in [0.4, 0.5) is 0 Å². The van der Waals surface area contributed by atoms with Gasteiger partial charge < -0.3 is 9.47 Å². The van der Waals surface area contributed by atoms with Gasteiger partial charge in [0.15, 0.2) is 0 Å². The van der Waals surface area contributed by atoms with Crippen molar-refractivity contribution in [1.29, 1.82) is 0 Å². The third kappa shape index (κ3) is 3.90. The summed E-state index contributed by atoms with van der Waals surface area (Å²) in [6.07, 6.45) is 14.4. The Hall–Kier alpha value is -1.16. The van der Waals surface area contributed by atoms with Crippen LogP contribution in [0.2, 0.25) is 0 Å². The van der Waals surface area contributed by atoms with E-state index in [1.54, 1.807) is 0 Å². The van der Waals surface area contributed by atoms with Crippen LogP contribution in [0.15, 0.2) is 12.2 Å². The van der Waals surface area contributed by atoms with Crippen molar-refractivity contribution in [3.05, 3.63) is 12.2 Å². The molecule has 0 amide bonds. The molecule has 0 spiro atoms. The Labute approximate surface area is 146 Å². The second kappa shape index (κ2) is 8.80. The van der Waals surface area contributed by atoms with Crippen molar-refractivity contribution in [2.45, 2.75) is 90.3 Å². The standard InChI is InChI=1S/C17H24O4.C3H8/c1-2-3-4-5-6-7-8-10-17-11-9-12(21-17)13-14(17)16(19)20-15(13)18;1-3-2/h9,11-14H,2-8,10H2,1H3;3H2,1-2H3. The maximum atomic E-state index is 11.9. The van der Waals surface area contributed by atoms with E-state index in [2.05, 4.69) is 20.8 Å². The Balaban J connectivity index is 0.000000647. The maximum absolute atomic E-state index is 11.9. The van der Waals surface area contributed by atoms with E-state index in [0.717, 1.165) is 19.3 Å². The van der Waals surface area contributed by atoms with Crippen LogP contribution in [0.5, 0.6) is 0 Å². The summed E-state index contributed by atoms with van der Waals surface area (Å²) in [4.78, 5) is 23.6. The number of carbonyl (C=O) groups excluding carboxylic acids is 2. The van der Waals surface area contributed by atoms with E-state index in [0.29, 0.717) is 0 Å². The smallest absolute Gasteiger partial charge is 0.320 e. The summed E-state index contributed by atoms with van der Waals surface area (Å²) in [7, 11) is 0. The van der Waals surface area contributed by atoms with E-state index in [1.165, 1.54) is 38.5 Å². The molecule has 2 bridgehead atoms. The van der Waals surface area contributed by atoms with Crippen LogP contribution in [0.1, 0.15) is 78.6 Å². The van der Waals surface area contributed by atoms with Gasteiger partial charge in [-0.05, 0) is 6.42 Å². The highest BCUT2D eigenvalue weighted by Gasteiger charge is 2.66. The number of hydrogen-bond acceptors (Lipinski definition) is 4. The Morgan fingerprint density at radius 3 is 2.25 bits per heavy atom. The summed E-state index contributed by atoms with van der Waals surface area (Å²) in [5.41, 5.74) is -0.567. The van der Waals surface area contributed by atoms with Gasteiger partial charge in [0, 0.05) is 0 Å². The second-order valence-corrected chi connectivity index (χ2v) is 7.22. The molecule has 0 N–H and O–H groups in total. The van der Waals surface area contributed by atoms with Gasteiger partial charge in [-0.3, -0.25) is 9.59 Å². The van der Waals surface area contributed by atoms with E-state index in [-0.39, 0.29) is 12.1 Å². The zero-order chi connectivity index (χ0) is 17.6. The molecule has 3 rings (SSSR count). The van der Waals surface area contributed by atoms with Crippen LogP contribution in [-0.4, -0.2) is 23.6 Å². The molecule has 2 saturated heterocycles. The lowest BCUT2D eigenvalue weighted by Crippen LogP contribution is -2.37. The van der Waals surface area contributed by atoms with E-state index in [4.69, 9.17) is 9.47 Å². The summed E-state index contributed by atoms with van der Waals surface area (Å²) in [5.74, 6) is -1.59. The summed E-state index contributed by atoms with van der Waals surface area (Å²) in [5, 5.41) is 0. The average Bonchev–Trinajstić information content (AvgIpc) is 3.19. The molecule has 136 valence electrons. The van der Waals surface area contributed by atoms with Crippen molar-refractivity contribution in [2.75, 3.05) is 0 Å². The van der Waals surface area contributed by atoms with Crippen LogP contribution in [0.25, 0.3) is 0 Å². The van der Waals surface area contributed by atoms with Crippen molar-refractivity contribution in [2.24, 2.45) is 11.8 Å². The number of unbranched alkanes of at least 4 members (excludes halogenated alkanes) is 6. The number of cyclic esters (lactones) is 2. The molecule has 0 aromatic carbocycles. The van der Waals surface area contributed by atoms with E-state index >= 15 is 0 Å². The highest BCUT2D eigenvalue weighted by molar-refractivity contribution is 5.99. The fourth-order valence-corrected chi connectivity index (χ4v) is 3.96. The first kappa shape index (κ1) is 19.2. The van der Waals surface area contributed by atoms with Crippen molar-refractivity contribution in [1.82, 2.24) is 0 Å². The fraction of sp³-hybridized carbons (Fsp3) is 0.800. The van der Waals surface area contributed by atoms with Gasteiger partial charge in [-0.25, -0.2) is 0 Å². The van der Waals surface area contributed by atoms with Crippen LogP contribution in [0.3, 0.4) is 0 Å². The molecule has 2 fully saturated rings.